The van der Waals surface area contributed by atoms with Crippen molar-refractivity contribution in [1.82, 2.24) is 14.8 Å². The second-order valence-corrected chi connectivity index (χ2v) is 14.3. The lowest BCUT2D eigenvalue weighted by atomic mass is 9.92. The Morgan fingerprint density at radius 1 is 0.907 bits per heavy atom. The van der Waals surface area contributed by atoms with Crippen molar-refractivity contribution in [2.24, 2.45) is 5.92 Å². The highest BCUT2D eigenvalue weighted by Gasteiger charge is 2.34. The van der Waals surface area contributed by atoms with E-state index in [1.54, 1.807) is 44.5 Å². The molecule has 2 aliphatic rings. The molecule has 3 heterocycles. The maximum atomic E-state index is 14.4. The number of nitrogens with zero attached hydrogens (tertiary/aromatic N) is 3. The van der Waals surface area contributed by atoms with E-state index in [1.807, 2.05) is 49.1 Å². The number of benzene rings is 3. The van der Waals surface area contributed by atoms with Gasteiger partial charge in [0.05, 0.1) is 24.7 Å². The molecule has 3 N–H and O–H groups in total. The summed E-state index contributed by atoms with van der Waals surface area (Å²) in [4.78, 5) is 33.2. The molecule has 2 atom stereocenters. The minimum Gasteiger partial charge on any atom is -0.496 e. The highest BCUT2D eigenvalue weighted by atomic mass is 19.4. The van der Waals surface area contributed by atoms with Gasteiger partial charge in [-0.15, -0.1) is 0 Å². The number of hydrogen-bond donors (Lipinski definition) is 3. The molecule has 0 saturated carbocycles. The third-order valence-corrected chi connectivity index (χ3v) is 10.6. The van der Waals surface area contributed by atoms with Crippen LogP contribution in [0.4, 0.5) is 18.9 Å². The van der Waals surface area contributed by atoms with Crippen LogP contribution in [-0.2, 0) is 24.1 Å². The Balaban J connectivity index is 1.21. The molecule has 1 amide bonds. The van der Waals surface area contributed by atoms with Gasteiger partial charge in [-0.3, -0.25) is 24.4 Å². The van der Waals surface area contributed by atoms with Crippen molar-refractivity contribution in [2.75, 3.05) is 38.6 Å². The van der Waals surface area contributed by atoms with Gasteiger partial charge in [-0.2, -0.15) is 13.2 Å². The largest absolute Gasteiger partial charge is 0.496 e. The molecule has 1 aromatic heterocycles. The molecule has 54 heavy (non-hydrogen) atoms. The van der Waals surface area contributed by atoms with Gasteiger partial charge >= 0.3 is 12.1 Å². The van der Waals surface area contributed by atoms with Crippen LogP contribution in [0, 0.1) is 26.7 Å². The monoisotopic (exact) mass is 742 g/mol. The number of aryl methyl sites for hydroxylation is 1. The van der Waals surface area contributed by atoms with Crippen LogP contribution in [0.3, 0.4) is 0 Å². The fraction of sp³-hybridized carbons (Fsp3) is 0.357. The molecular weight excluding hydrogens is 697 g/mol. The fourth-order valence-corrected chi connectivity index (χ4v) is 7.40. The van der Waals surface area contributed by atoms with Crippen molar-refractivity contribution in [2.45, 2.75) is 59.0 Å². The summed E-state index contributed by atoms with van der Waals surface area (Å²) in [5, 5.41) is 22.2. The molecule has 2 saturated heterocycles. The van der Waals surface area contributed by atoms with Gasteiger partial charge in [-0.1, -0.05) is 48.6 Å². The van der Waals surface area contributed by atoms with Crippen molar-refractivity contribution in [3.8, 4) is 16.9 Å². The number of halogens is 3. The van der Waals surface area contributed by atoms with E-state index in [1.165, 1.54) is 12.1 Å². The lowest BCUT2D eigenvalue weighted by Gasteiger charge is -2.20. The van der Waals surface area contributed by atoms with E-state index in [-0.39, 0.29) is 23.9 Å². The first kappa shape index (κ1) is 38.7. The smallest absolute Gasteiger partial charge is 0.416 e. The maximum Gasteiger partial charge on any atom is 0.416 e. The van der Waals surface area contributed by atoms with Crippen LogP contribution in [0.15, 0.2) is 60.8 Å². The number of methoxy groups -OCH3 is 1. The Labute approximate surface area is 313 Å². The normalized spacial score (nSPS) is 18.1. The van der Waals surface area contributed by atoms with Gasteiger partial charge in [0.2, 0.25) is 0 Å². The number of carbonyl (C=O) groups is 2. The Morgan fingerprint density at radius 2 is 1.57 bits per heavy atom. The van der Waals surface area contributed by atoms with Crippen molar-refractivity contribution in [3.63, 3.8) is 0 Å². The Morgan fingerprint density at radius 3 is 2.24 bits per heavy atom. The SMILES string of the molecule is COc1cc(C(=O)Nc2cccc(-c3cccc(/C=C/c4cc(C)c(CN5CC[C@@H](C(=O)O)C5)cc4C(F)(F)F)c3C)c2C)ncc1CN1CC[C@@H](O)C1. The number of β-amino-alcohol motifs (C(OH)–C–C–N with tert-alkyl or cyclic N) is 1. The number of rotatable bonds is 11. The highest BCUT2D eigenvalue weighted by molar-refractivity contribution is 6.04. The summed E-state index contributed by atoms with van der Waals surface area (Å²) in [6, 6.07) is 15.6. The van der Waals surface area contributed by atoms with E-state index in [0.717, 1.165) is 39.9 Å². The molecule has 3 aromatic carbocycles. The number of anilines is 1. The van der Waals surface area contributed by atoms with Crippen LogP contribution >= 0.6 is 0 Å². The number of amides is 1. The number of ether oxygens (including phenoxy) is 1. The van der Waals surface area contributed by atoms with Gasteiger partial charge in [0.15, 0.2) is 0 Å². The lowest BCUT2D eigenvalue weighted by Crippen LogP contribution is -2.23. The number of likely N-dealkylation sites (tertiary alicyclic amines) is 2. The van der Waals surface area contributed by atoms with Gasteiger partial charge in [0, 0.05) is 56.2 Å². The Hall–Kier alpha value is -5.04. The molecule has 2 aliphatic heterocycles. The second-order valence-electron chi connectivity index (χ2n) is 14.3. The predicted octanol–water partition coefficient (Wildman–Crippen LogP) is 7.60. The number of carboxylic acid groups (broad SMARTS) is 1. The number of pyridine rings is 1. The van der Waals surface area contributed by atoms with Crippen molar-refractivity contribution >= 4 is 29.7 Å². The van der Waals surface area contributed by atoms with Gasteiger partial charge < -0.3 is 20.3 Å². The molecule has 2 fully saturated rings. The van der Waals surface area contributed by atoms with E-state index in [9.17, 15) is 33.0 Å². The number of carbonyl (C=O) groups excluding carboxylic acids is 1. The number of aliphatic hydroxyl groups excluding tert-OH is 1. The number of carboxylic acids is 1. The molecule has 284 valence electrons. The quantitative estimate of drug-likeness (QED) is 0.135. The zero-order valence-corrected chi connectivity index (χ0v) is 30.8. The van der Waals surface area contributed by atoms with E-state index in [4.69, 9.17) is 4.74 Å². The third-order valence-electron chi connectivity index (χ3n) is 10.6. The summed E-state index contributed by atoms with van der Waals surface area (Å²) in [5.74, 6) is -1.26. The van der Waals surface area contributed by atoms with Crippen LogP contribution in [0.2, 0.25) is 0 Å². The molecule has 0 radical (unpaired) electrons. The maximum absolute atomic E-state index is 14.4. The highest BCUT2D eigenvalue weighted by Crippen LogP contribution is 2.37. The lowest BCUT2D eigenvalue weighted by molar-refractivity contribution is -0.141. The van der Waals surface area contributed by atoms with Crippen molar-refractivity contribution < 1.29 is 37.7 Å². The average Bonchev–Trinajstić information content (AvgIpc) is 3.78. The molecule has 9 nitrogen and oxygen atoms in total. The van der Waals surface area contributed by atoms with Crippen molar-refractivity contribution in [3.05, 3.63) is 111 Å². The summed E-state index contributed by atoms with van der Waals surface area (Å²) in [6.45, 7) is 8.59. The van der Waals surface area contributed by atoms with Crippen LogP contribution in [0.1, 0.15) is 67.8 Å². The van der Waals surface area contributed by atoms with Crippen molar-refractivity contribution in [1.29, 1.82) is 0 Å². The van der Waals surface area contributed by atoms with Crippen LogP contribution in [0.25, 0.3) is 23.3 Å². The molecule has 0 unspecified atom stereocenters. The van der Waals surface area contributed by atoms with Crippen LogP contribution in [0.5, 0.6) is 5.75 Å². The Bertz CT molecular complexity index is 2080. The summed E-state index contributed by atoms with van der Waals surface area (Å²) < 4.78 is 48.7. The number of alkyl halides is 3. The predicted molar refractivity (Wildman–Crippen MR) is 202 cm³/mol. The zero-order valence-electron chi connectivity index (χ0n) is 30.8. The van der Waals surface area contributed by atoms with E-state index in [0.29, 0.717) is 61.6 Å². The van der Waals surface area contributed by atoms with Gasteiger partial charge in [0.1, 0.15) is 11.4 Å². The summed E-state index contributed by atoms with van der Waals surface area (Å²) >= 11 is 0. The number of hydrogen-bond acceptors (Lipinski definition) is 7. The number of aliphatic carboxylic acids is 1. The molecule has 0 bridgehead atoms. The zero-order chi connectivity index (χ0) is 38.7. The fourth-order valence-electron chi connectivity index (χ4n) is 7.40. The van der Waals surface area contributed by atoms with Crippen LogP contribution < -0.4 is 10.1 Å². The molecule has 0 aliphatic carbocycles. The molecular formula is C42H45F3N4O5. The van der Waals surface area contributed by atoms with E-state index < -0.39 is 29.5 Å². The van der Waals surface area contributed by atoms with E-state index >= 15 is 0 Å². The first-order valence-corrected chi connectivity index (χ1v) is 18.0. The van der Waals surface area contributed by atoms with Gasteiger partial charge in [-0.25, -0.2) is 0 Å². The second kappa shape index (κ2) is 16.1. The first-order valence-electron chi connectivity index (χ1n) is 18.0. The summed E-state index contributed by atoms with van der Waals surface area (Å²) in [5.41, 5.74) is 6.28. The average molecular weight is 743 g/mol. The summed E-state index contributed by atoms with van der Waals surface area (Å²) in [7, 11) is 1.54. The van der Waals surface area contributed by atoms with Gasteiger partial charge in [0.25, 0.3) is 5.91 Å². The molecule has 0 spiro atoms. The number of aromatic nitrogens is 1. The Kier molecular flexibility index (Phi) is 11.6. The third kappa shape index (κ3) is 8.67. The molecule has 4 aromatic rings. The standard InChI is InChI=1S/C42H45F3N4O5/c1-25-17-29(36(42(43,44)45)18-31(25)22-48-15-13-30(21-48)41(52)53)12-11-28-7-5-8-34(26(28)2)35-9-6-10-37(27(35)3)47-40(51)38-19-39(54-4)32(20-46-38)23-49-16-14-33(50)24-49/h5-12,17-20,30,33,50H,13-16,21-24H2,1-4H3,(H,47,51)(H,52,53)/b12-11+/t30-,33-/m1/s1. The van der Waals surface area contributed by atoms with E-state index in [2.05, 4.69) is 15.2 Å². The van der Waals surface area contributed by atoms with Crippen LogP contribution in [-0.4, -0.2) is 76.3 Å². The molecule has 12 heteroatoms. The minimum atomic E-state index is -4.59. The minimum absolute atomic E-state index is 0.0485. The topological polar surface area (TPSA) is 115 Å². The van der Waals surface area contributed by atoms with Gasteiger partial charge in [-0.05, 0) is 96.8 Å². The molecule has 6 rings (SSSR count). The number of aliphatic hydroxyl groups is 1. The summed E-state index contributed by atoms with van der Waals surface area (Å²) in [6.07, 6.45) is 1.07. The number of nitrogens with one attached hydrogen (secondary N) is 1. The first-order chi connectivity index (χ1) is 25.7.